The second-order valence-corrected chi connectivity index (χ2v) is 16.0. The van der Waals surface area contributed by atoms with Gasteiger partial charge in [-0.3, -0.25) is 24.1 Å². The monoisotopic (exact) mass is 724 g/mol. The van der Waals surface area contributed by atoms with E-state index in [1.807, 2.05) is 56.3 Å². The molecule has 1 aromatic heterocycles. The number of benzene rings is 1. The van der Waals surface area contributed by atoms with Gasteiger partial charge in [0, 0.05) is 49.9 Å². The predicted molar refractivity (Wildman–Crippen MR) is 201 cm³/mol. The van der Waals surface area contributed by atoms with E-state index in [0.29, 0.717) is 30.9 Å². The van der Waals surface area contributed by atoms with Crippen molar-refractivity contribution in [1.29, 1.82) is 0 Å². The molecule has 51 heavy (non-hydrogen) atoms. The molecule has 1 aromatic carbocycles. The smallest absolute Gasteiger partial charge is 0.306 e. The van der Waals surface area contributed by atoms with Crippen LogP contribution in [0.15, 0.2) is 35.7 Å². The minimum absolute atomic E-state index is 0.0434. The summed E-state index contributed by atoms with van der Waals surface area (Å²) in [5.74, 6) is -1.63. The highest BCUT2D eigenvalue weighted by molar-refractivity contribution is 7.09. The first kappa shape index (κ1) is 40.6. The van der Waals surface area contributed by atoms with Gasteiger partial charge >= 0.3 is 5.97 Å². The topological polar surface area (TPSA) is 129 Å². The first-order valence-electron chi connectivity index (χ1n) is 19.0. The van der Waals surface area contributed by atoms with E-state index in [9.17, 15) is 24.3 Å². The number of carbonyl (C=O) groups excluding carboxylic acids is 3. The second-order valence-electron chi connectivity index (χ2n) is 15.2. The summed E-state index contributed by atoms with van der Waals surface area (Å²) in [6.45, 7) is 9.15. The SMILES string of the molecule is CCO[C@H](C[C@H](C(C)C)N(C)C(=O)[C@@H](CC(=O)[C@H]1CCCCN1C)C1CCCC1)c1nc(C(=O)N[C@@H](Cc2ccccc2)C[C@H](C)C(=O)O)cs1. The van der Waals surface area contributed by atoms with Gasteiger partial charge in [0.05, 0.1) is 12.0 Å². The fourth-order valence-corrected chi connectivity index (χ4v) is 8.89. The third kappa shape index (κ3) is 11.4. The van der Waals surface area contributed by atoms with Gasteiger partial charge in [0.2, 0.25) is 5.91 Å². The number of aromatic nitrogens is 1. The molecule has 1 aliphatic heterocycles. The van der Waals surface area contributed by atoms with Crippen molar-refractivity contribution in [2.75, 3.05) is 27.2 Å². The molecule has 0 bridgehead atoms. The highest BCUT2D eigenvalue weighted by atomic mass is 32.1. The molecule has 0 spiro atoms. The number of hydrogen-bond donors (Lipinski definition) is 2. The summed E-state index contributed by atoms with van der Waals surface area (Å²) in [5.41, 5.74) is 1.27. The molecule has 4 rings (SSSR count). The highest BCUT2D eigenvalue weighted by Gasteiger charge is 2.39. The number of thiazole rings is 1. The van der Waals surface area contributed by atoms with Crippen LogP contribution in [0.2, 0.25) is 0 Å². The summed E-state index contributed by atoms with van der Waals surface area (Å²) in [5, 5.41) is 15.0. The Kier molecular flexibility index (Phi) is 15.6. The van der Waals surface area contributed by atoms with Crippen molar-refractivity contribution in [3.05, 3.63) is 52.0 Å². The molecule has 2 aromatic rings. The van der Waals surface area contributed by atoms with Crippen LogP contribution >= 0.6 is 11.3 Å². The predicted octanol–water partition coefficient (Wildman–Crippen LogP) is 6.80. The van der Waals surface area contributed by atoms with Crippen LogP contribution < -0.4 is 5.32 Å². The quantitative estimate of drug-likeness (QED) is 0.162. The molecule has 282 valence electrons. The van der Waals surface area contributed by atoms with Crippen molar-refractivity contribution >= 4 is 34.9 Å². The fraction of sp³-hybridized carbons (Fsp3) is 0.675. The van der Waals surface area contributed by atoms with Crippen molar-refractivity contribution in [1.82, 2.24) is 20.1 Å². The van der Waals surface area contributed by atoms with E-state index in [-0.39, 0.29) is 65.6 Å². The lowest BCUT2D eigenvalue weighted by atomic mass is 9.82. The summed E-state index contributed by atoms with van der Waals surface area (Å²) in [6, 6.07) is 9.05. The number of piperidine rings is 1. The van der Waals surface area contributed by atoms with Crippen molar-refractivity contribution in [2.24, 2.45) is 23.7 Å². The fourth-order valence-electron chi connectivity index (χ4n) is 8.03. The van der Waals surface area contributed by atoms with Crippen LogP contribution in [0, 0.1) is 23.7 Å². The number of carbonyl (C=O) groups is 4. The Bertz CT molecular complexity index is 1430. The summed E-state index contributed by atoms with van der Waals surface area (Å²) in [7, 11) is 3.90. The Morgan fingerprint density at radius 2 is 1.73 bits per heavy atom. The zero-order chi connectivity index (χ0) is 37.1. The lowest BCUT2D eigenvalue weighted by Crippen LogP contribution is -2.48. The molecule has 1 saturated heterocycles. The van der Waals surface area contributed by atoms with Crippen molar-refractivity contribution in [2.45, 2.75) is 123 Å². The molecule has 2 heterocycles. The third-order valence-corrected chi connectivity index (χ3v) is 12.0. The van der Waals surface area contributed by atoms with Gasteiger partial charge in [0.1, 0.15) is 16.8 Å². The number of ether oxygens (including phenoxy) is 1. The van der Waals surface area contributed by atoms with Gasteiger partial charge in [0.15, 0.2) is 5.78 Å². The maximum Gasteiger partial charge on any atom is 0.306 e. The Hall–Kier alpha value is -3.15. The van der Waals surface area contributed by atoms with E-state index in [4.69, 9.17) is 9.72 Å². The van der Waals surface area contributed by atoms with Crippen LogP contribution in [0.25, 0.3) is 0 Å². The highest BCUT2D eigenvalue weighted by Crippen LogP contribution is 2.37. The Morgan fingerprint density at radius 1 is 1.04 bits per heavy atom. The molecule has 1 aliphatic carbocycles. The van der Waals surface area contributed by atoms with Crippen LogP contribution in [0.1, 0.15) is 119 Å². The van der Waals surface area contributed by atoms with Gasteiger partial charge in [-0.05, 0) is 76.4 Å². The number of likely N-dealkylation sites (tertiary alicyclic amines) is 1. The van der Waals surface area contributed by atoms with E-state index >= 15 is 0 Å². The minimum Gasteiger partial charge on any atom is -0.481 e. The number of nitrogens with one attached hydrogen (secondary N) is 1. The van der Waals surface area contributed by atoms with Gasteiger partial charge in [-0.1, -0.05) is 70.4 Å². The van der Waals surface area contributed by atoms with Gasteiger partial charge in [-0.25, -0.2) is 4.98 Å². The standard InChI is InChI=1S/C40H60N4O6S/c1-7-50-36(38-42-32(25-51-38)37(46)41-30(21-27(4)40(48)49)22-28-15-9-8-10-16-28)24-34(26(2)3)44(6)39(47)31(29-17-11-12-18-29)23-35(45)33-19-13-14-20-43(33)5/h8-10,15-16,25-27,29-31,33-34,36H,7,11-14,17-24H2,1-6H3,(H,41,46)(H,48,49)/t27-,30+,31-,33+,34+,36+/m0/s1. The number of Topliss-reactive ketones (excluding diaryl/α,β-unsaturated/α-hetero) is 1. The van der Waals surface area contributed by atoms with E-state index in [2.05, 4.69) is 24.1 Å². The average Bonchev–Trinajstić information content (AvgIpc) is 3.82. The van der Waals surface area contributed by atoms with Gasteiger partial charge in [-0.2, -0.15) is 0 Å². The van der Waals surface area contributed by atoms with E-state index in [0.717, 1.165) is 57.1 Å². The van der Waals surface area contributed by atoms with Crippen molar-refractivity contribution in [3.63, 3.8) is 0 Å². The number of rotatable bonds is 19. The molecule has 1 saturated carbocycles. The lowest BCUT2D eigenvalue weighted by Gasteiger charge is -2.38. The van der Waals surface area contributed by atoms with Crippen molar-refractivity contribution < 1.29 is 29.0 Å². The van der Waals surface area contributed by atoms with Crippen LogP contribution in [0.3, 0.4) is 0 Å². The van der Waals surface area contributed by atoms with Gasteiger partial charge < -0.3 is 20.1 Å². The minimum atomic E-state index is -0.904. The number of ketones is 1. The zero-order valence-corrected chi connectivity index (χ0v) is 32.3. The number of carboxylic acids is 1. The summed E-state index contributed by atoms with van der Waals surface area (Å²) >= 11 is 1.36. The van der Waals surface area contributed by atoms with Crippen LogP contribution in [-0.2, 0) is 25.5 Å². The largest absolute Gasteiger partial charge is 0.481 e. The molecule has 2 amide bonds. The first-order chi connectivity index (χ1) is 24.4. The molecular weight excluding hydrogens is 665 g/mol. The molecule has 2 N–H and O–H groups in total. The van der Waals surface area contributed by atoms with E-state index in [1.165, 1.54) is 11.3 Å². The zero-order valence-electron chi connectivity index (χ0n) is 31.5. The summed E-state index contributed by atoms with van der Waals surface area (Å²) < 4.78 is 6.24. The Balaban J connectivity index is 1.49. The number of nitrogens with zero attached hydrogens (tertiary/aromatic N) is 3. The molecular formula is C40H60N4O6S. The van der Waals surface area contributed by atoms with Gasteiger partial charge in [-0.15, -0.1) is 11.3 Å². The molecule has 6 atom stereocenters. The second kappa shape index (κ2) is 19.6. The number of carboxylic acid groups (broad SMARTS) is 1. The molecule has 0 unspecified atom stereocenters. The molecule has 0 radical (unpaired) electrons. The maximum atomic E-state index is 14.4. The molecule has 2 aliphatic rings. The third-order valence-electron chi connectivity index (χ3n) is 11.0. The average molecular weight is 725 g/mol. The van der Waals surface area contributed by atoms with Crippen LogP contribution in [0.5, 0.6) is 0 Å². The number of amides is 2. The first-order valence-corrected chi connectivity index (χ1v) is 19.9. The normalized spacial score (nSPS) is 20.0. The van der Waals surface area contributed by atoms with E-state index < -0.39 is 18.0 Å². The van der Waals surface area contributed by atoms with Crippen LogP contribution in [0.4, 0.5) is 0 Å². The Morgan fingerprint density at radius 3 is 2.35 bits per heavy atom. The Labute approximate surface area is 308 Å². The molecule has 2 fully saturated rings. The number of aliphatic carboxylic acids is 1. The van der Waals surface area contributed by atoms with Crippen LogP contribution in [-0.4, -0.2) is 88.8 Å². The maximum absolute atomic E-state index is 14.4. The lowest BCUT2D eigenvalue weighted by molar-refractivity contribution is -0.143. The number of likely N-dealkylation sites (N-methyl/N-ethyl adjacent to an activating group) is 1. The van der Waals surface area contributed by atoms with Crippen molar-refractivity contribution in [3.8, 4) is 0 Å². The summed E-state index contributed by atoms with van der Waals surface area (Å²) in [6.07, 6.45) is 8.35. The number of hydrogen-bond acceptors (Lipinski definition) is 8. The van der Waals surface area contributed by atoms with E-state index in [1.54, 1.807) is 12.3 Å². The summed E-state index contributed by atoms with van der Waals surface area (Å²) in [4.78, 5) is 62.0. The molecule has 10 nitrogen and oxygen atoms in total. The molecule has 11 heteroatoms. The van der Waals surface area contributed by atoms with Gasteiger partial charge in [0.25, 0.3) is 5.91 Å².